The van der Waals surface area contributed by atoms with E-state index in [0.717, 1.165) is 6.42 Å². The first-order valence-corrected chi connectivity index (χ1v) is 12.8. The van der Waals surface area contributed by atoms with Crippen molar-refractivity contribution in [3.63, 3.8) is 0 Å². The first-order valence-electron chi connectivity index (χ1n) is 11.3. The van der Waals surface area contributed by atoms with E-state index in [1.165, 1.54) is 57.3 Å². The van der Waals surface area contributed by atoms with Crippen LogP contribution in [0.1, 0.15) is 45.2 Å². The Morgan fingerprint density at radius 2 is 1.19 bits per heavy atom. The highest BCUT2D eigenvalue weighted by Gasteiger charge is 2.41. The molecule has 0 N–H and O–H groups in total. The number of hydrogen-bond acceptors (Lipinski definition) is 0. The van der Waals surface area contributed by atoms with E-state index >= 15 is 0 Å². The van der Waals surface area contributed by atoms with E-state index in [9.17, 15) is 0 Å². The maximum Gasteiger partial charge on any atom is 0.0359 e. The molecule has 1 aliphatic rings. The van der Waals surface area contributed by atoms with Crippen molar-refractivity contribution in [2.45, 2.75) is 44.4 Å². The fourth-order valence-corrected chi connectivity index (χ4v) is 7.91. The Morgan fingerprint density at radius 1 is 0.719 bits per heavy atom. The Labute approximate surface area is 195 Å². The van der Waals surface area contributed by atoms with Crippen molar-refractivity contribution < 1.29 is 0 Å². The molecule has 2 unspecified atom stereocenters. The summed E-state index contributed by atoms with van der Waals surface area (Å²) in [6.07, 6.45) is 1.05. The lowest BCUT2D eigenvalue weighted by Crippen LogP contribution is -2.31. The van der Waals surface area contributed by atoms with Crippen LogP contribution in [0.4, 0.5) is 0 Å². The number of benzene rings is 4. The molecule has 2 heteroatoms. The molecule has 5 rings (SSSR count). The lowest BCUT2D eigenvalue weighted by Gasteiger charge is -2.38. The highest BCUT2D eigenvalue weighted by molar-refractivity contribution is 7.44. The van der Waals surface area contributed by atoms with Crippen molar-refractivity contribution in [1.82, 2.24) is 0 Å². The number of hydrogen-bond donors (Lipinski definition) is 0. The van der Waals surface area contributed by atoms with Gasteiger partial charge in [-0.25, -0.2) is 0 Å². The van der Waals surface area contributed by atoms with E-state index in [4.69, 9.17) is 0 Å². The molecule has 0 saturated heterocycles. The molecule has 1 aliphatic heterocycles. The predicted octanol–water partition coefficient (Wildman–Crippen LogP) is 8.75. The summed E-state index contributed by atoms with van der Waals surface area (Å²) in [6.45, 7) is 9.37. The van der Waals surface area contributed by atoms with Gasteiger partial charge in [0.15, 0.2) is 0 Å². The first-order chi connectivity index (χ1) is 15.3. The second-order valence-corrected chi connectivity index (χ2v) is 12.4. The van der Waals surface area contributed by atoms with E-state index < -0.39 is 0 Å². The van der Waals surface area contributed by atoms with Crippen LogP contribution < -0.4 is 0 Å². The summed E-state index contributed by atoms with van der Waals surface area (Å²) in [6, 6.07) is 31.4. The molecule has 0 aromatic heterocycles. The van der Waals surface area contributed by atoms with Crippen molar-refractivity contribution in [3.05, 3.63) is 107 Å². The summed E-state index contributed by atoms with van der Waals surface area (Å²) in [5, 5.41) is 6.65. The first kappa shape index (κ1) is 21.6. The van der Waals surface area contributed by atoms with E-state index in [1.807, 2.05) is 0 Å². The lowest BCUT2D eigenvalue weighted by atomic mass is 9.78. The summed E-state index contributed by atoms with van der Waals surface area (Å²) >= 11 is 0. The third-order valence-electron chi connectivity index (χ3n) is 7.48. The fraction of sp³-hybridized carbons (Fsp3) is 0.233. The molecule has 0 aliphatic carbocycles. The molecule has 0 fully saturated rings. The molecule has 160 valence electrons. The van der Waals surface area contributed by atoms with Gasteiger partial charge in [0.2, 0.25) is 0 Å². The molecule has 2 atom stereocenters. The Morgan fingerprint density at radius 3 is 1.62 bits per heavy atom. The topological polar surface area (TPSA) is 0 Å². The molecule has 1 heterocycles. The lowest BCUT2D eigenvalue weighted by molar-refractivity contribution is 0.568. The number of rotatable bonds is 4. The average Bonchev–Trinajstić information content (AvgIpc) is 3.00. The maximum atomic E-state index is 3.30. The summed E-state index contributed by atoms with van der Waals surface area (Å²) in [4.78, 5) is 0. The molecule has 0 amide bonds. The molecule has 4 aromatic rings. The molecular weight excluding hydrogens is 422 g/mol. The Bertz CT molecular complexity index is 1330. The van der Waals surface area contributed by atoms with Crippen LogP contribution in [0.15, 0.2) is 96.1 Å². The van der Waals surface area contributed by atoms with Gasteiger partial charge >= 0.3 is 0 Å². The zero-order valence-corrected chi connectivity index (χ0v) is 21.4. The van der Waals surface area contributed by atoms with Gasteiger partial charge in [-0.3, -0.25) is 0 Å². The minimum atomic E-state index is -0.179. The van der Waals surface area contributed by atoms with Gasteiger partial charge in [-0.2, -0.15) is 0 Å². The van der Waals surface area contributed by atoms with Gasteiger partial charge in [0.05, 0.1) is 0 Å². The Balaban J connectivity index is 1.72. The fourth-order valence-electron chi connectivity index (χ4n) is 5.23. The average molecular weight is 453 g/mol. The van der Waals surface area contributed by atoms with Gasteiger partial charge in [0.25, 0.3) is 0 Å². The van der Waals surface area contributed by atoms with E-state index in [1.54, 1.807) is 0 Å². The minimum Gasteiger partial charge on any atom is -0.122 e. The van der Waals surface area contributed by atoms with Crippen LogP contribution in [0.3, 0.4) is 0 Å². The van der Waals surface area contributed by atoms with Gasteiger partial charge in [0, 0.05) is 10.3 Å². The minimum absolute atomic E-state index is 0.118. The van der Waals surface area contributed by atoms with Crippen molar-refractivity contribution >= 4 is 44.3 Å². The summed E-state index contributed by atoms with van der Waals surface area (Å²) in [7, 11) is 4.74. The van der Waals surface area contributed by atoms with Gasteiger partial charge < -0.3 is 0 Å². The summed E-state index contributed by atoms with van der Waals surface area (Å²) in [5.41, 5.74) is 5.74. The zero-order valence-electron chi connectivity index (χ0n) is 19.3. The largest absolute Gasteiger partial charge is 0.122 e. The van der Waals surface area contributed by atoms with E-state index in [2.05, 4.69) is 122 Å². The van der Waals surface area contributed by atoms with Gasteiger partial charge in [0.1, 0.15) is 0 Å². The number of fused-ring (bicyclic) bond motifs is 2. The quantitative estimate of drug-likeness (QED) is 0.272. The maximum absolute atomic E-state index is 3.30. The molecule has 0 bridgehead atoms. The van der Waals surface area contributed by atoms with Crippen LogP contribution in [-0.4, -0.2) is 10.4 Å². The highest BCUT2D eigenvalue weighted by atomic mass is 31.1. The van der Waals surface area contributed by atoms with Crippen molar-refractivity contribution in [3.8, 4) is 0 Å². The molecular formula is C30H30P2. The normalized spacial score (nSPS) is 19.6. The van der Waals surface area contributed by atoms with Crippen molar-refractivity contribution in [1.29, 1.82) is 0 Å². The zero-order chi connectivity index (χ0) is 22.5. The molecule has 0 saturated carbocycles. The van der Waals surface area contributed by atoms with Crippen LogP contribution in [0.5, 0.6) is 0 Å². The van der Waals surface area contributed by atoms with Gasteiger partial charge in [-0.15, -0.1) is 9.24 Å². The van der Waals surface area contributed by atoms with Gasteiger partial charge in [-0.1, -0.05) is 86.6 Å². The third kappa shape index (κ3) is 3.55. The van der Waals surface area contributed by atoms with Crippen molar-refractivity contribution in [2.75, 3.05) is 0 Å². The van der Waals surface area contributed by atoms with E-state index in [0.29, 0.717) is 0 Å². The molecule has 0 nitrogen and oxygen atoms in total. The summed E-state index contributed by atoms with van der Waals surface area (Å²) in [5.74, 6) is 0. The molecule has 0 radical (unpaired) electrons. The number of allylic oxidation sites excluding steroid dienone is 2. The Kier molecular flexibility index (Phi) is 5.36. The Hall–Kier alpha value is -2.26. The molecule has 4 aromatic carbocycles. The van der Waals surface area contributed by atoms with Crippen LogP contribution in [0, 0.1) is 0 Å². The monoisotopic (exact) mass is 452 g/mol. The molecule has 0 spiro atoms. The highest BCUT2D eigenvalue weighted by Crippen LogP contribution is 2.54. The van der Waals surface area contributed by atoms with Crippen LogP contribution in [0.25, 0.3) is 21.5 Å². The van der Waals surface area contributed by atoms with Crippen LogP contribution in [-0.2, 0) is 5.16 Å². The van der Waals surface area contributed by atoms with Crippen LogP contribution >= 0.6 is 17.4 Å². The SMILES string of the molecule is CC1=PC(C)(CC(P)(c2ccc3ccccc3c2)c2ccc3ccccc3c2)C(C)=C1C. The predicted molar refractivity (Wildman–Crippen MR) is 147 cm³/mol. The molecule has 32 heavy (non-hydrogen) atoms. The standard InChI is InChI=1S/C30H30P2/c1-20-21(2)29(4,32-22(20)3)19-30(31,27-15-13-23-9-5-7-11-25(23)17-27)28-16-14-24-10-6-8-12-26(24)18-28/h5-18H,19,31H2,1-4H3. The second kappa shape index (κ2) is 7.95. The smallest absolute Gasteiger partial charge is 0.0359 e. The van der Waals surface area contributed by atoms with Crippen molar-refractivity contribution in [2.24, 2.45) is 0 Å². The van der Waals surface area contributed by atoms with Crippen LogP contribution in [0.2, 0.25) is 0 Å². The van der Waals surface area contributed by atoms with E-state index in [-0.39, 0.29) is 10.3 Å². The second-order valence-electron chi connectivity index (χ2n) is 9.49. The third-order valence-corrected chi connectivity index (χ3v) is 10.0. The van der Waals surface area contributed by atoms with Gasteiger partial charge in [-0.05, 0) is 89.8 Å². The summed E-state index contributed by atoms with van der Waals surface area (Å²) < 4.78 is 0.